The lowest BCUT2D eigenvalue weighted by Crippen LogP contribution is -2.33. The molecule has 23 heavy (non-hydrogen) atoms. The zero-order valence-electron chi connectivity index (χ0n) is 13.7. The van der Waals surface area contributed by atoms with Gasteiger partial charge >= 0.3 is 5.97 Å². The zero-order valence-corrected chi connectivity index (χ0v) is 13.7. The Labute approximate surface area is 134 Å². The largest absolute Gasteiger partial charge is 0.478 e. The number of carbonyl (C=O) groups is 2. The molecular weight excluding hydrogens is 298 g/mol. The number of nitrogens with zero attached hydrogens (tertiary/aromatic N) is 5. The molecule has 8 nitrogen and oxygen atoms in total. The van der Waals surface area contributed by atoms with E-state index in [2.05, 4.69) is 10.2 Å². The Morgan fingerprint density at radius 3 is 2.61 bits per heavy atom. The monoisotopic (exact) mass is 319 g/mol. The number of amides is 1. The summed E-state index contributed by atoms with van der Waals surface area (Å²) in [7, 11) is 1.71. The number of hydrogen-bond donors (Lipinski definition) is 1. The van der Waals surface area contributed by atoms with Crippen molar-refractivity contribution in [3.63, 3.8) is 0 Å². The lowest BCUT2D eigenvalue weighted by Gasteiger charge is -2.21. The van der Waals surface area contributed by atoms with Crippen molar-refractivity contribution in [3.8, 4) is 0 Å². The number of carbonyl (C=O) groups excluding carboxylic acids is 1. The summed E-state index contributed by atoms with van der Waals surface area (Å²) in [6, 6.07) is -0.574. The smallest absolute Gasteiger partial charge is 0.338 e. The Balaban J connectivity index is 2.08. The summed E-state index contributed by atoms with van der Waals surface area (Å²) < 4.78 is 3.20. The summed E-state index contributed by atoms with van der Waals surface area (Å²) in [5.41, 5.74) is 1.94. The quantitative estimate of drug-likeness (QED) is 0.867. The van der Waals surface area contributed by atoms with Gasteiger partial charge in [0.15, 0.2) is 0 Å². The van der Waals surface area contributed by atoms with Gasteiger partial charge in [0, 0.05) is 38.1 Å². The average Bonchev–Trinajstić information content (AvgIpc) is 3.13. The standard InChI is InChI=1S/C15H21N5O3/c1-5-19-8-13(10(2)17-19)7-18(4)14(21)11(3)20-9-12(6-16-20)15(22)23/h6,8-9,11H,5,7H2,1-4H3,(H,22,23). The van der Waals surface area contributed by atoms with Crippen LogP contribution in [0.25, 0.3) is 0 Å². The van der Waals surface area contributed by atoms with E-state index < -0.39 is 12.0 Å². The first-order chi connectivity index (χ1) is 10.8. The predicted octanol–water partition coefficient (Wildman–Crippen LogP) is 1.33. The number of aromatic nitrogens is 4. The third kappa shape index (κ3) is 3.58. The molecule has 1 unspecified atom stereocenters. The van der Waals surface area contributed by atoms with Gasteiger partial charge in [0.2, 0.25) is 5.91 Å². The minimum atomic E-state index is -1.06. The fraction of sp³-hybridized carbons (Fsp3) is 0.467. The first kappa shape index (κ1) is 16.7. The number of likely N-dealkylation sites (N-methyl/N-ethyl adjacent to an activating group) is 1. The van der Waals surface area contributed by atoms with Crippen molar-refractivity contribution < 1.29 is 14.7 Å². The van der Waals surface area contributed by atoms with Crippen LogP contribution in [0.2, 0.25) is 0 Å². The van der Waals surface area contributed by atoms with Crippen LogP contribution in [0.1, 0.15) is 41.5 Å². The lowest BCUT2D eigenvalue weighted by atomic mass is 10.2. The Bertz CT molecular complexity index is 719. The highest BCUT2D eigenvalue weighted by molar-refractivity contribution is 5.87. The second kappa shape index (κ2) is 6.64. The number of rotatable bonds is 6. The van der Waals surface area contributed by atoms with E-state index in [1.807, 2.05) is 24.7 Å². The summed E-state index contributed by atoms with van der Waals surface area (Å²) in [5.74, 6) is -1.21. The summed E-state index contributed by atoms with van der Waals surface area (Å²) in [6.07, 6.45) is 4.53. The highest BCUT2D eigenvalue weighted by Crippen LogP contribution is 2.14. The van der Waals surface area contributed by atoms with Gasteiger partial charge in [-0.1, -0.05) is 0 Å². The van der Waals surface area contributed by atoms with Crippen LogP contribution in [-0.2, 0) is 17.9 Å². The van der Waals surface area contributed by atoms with E-state index in [0.29, 0.717) is 6.54 Å². The summed E-state index contributed by atoms with van der Waals surface area (Å²) in [6.45, 7) is 6.84. The fourth-order valence-corrected chi connectivity index (χ4v) is 2.30. The van der Waals surface area contributed by atoms with Crippen molar-refractivity contribution in [1.29, 1.82) is 0 Å². The third-order valence-electron chi connectivity index (χ3n) is 3.76. The van der Waals surface area contributed by atoms with E-state index in [9.17, 15) is 9.59 Å². The van der Waals surface area contributed by atoms with E-state index in [4.69, 9.17) is 5.11 Å². The molecule has 0 aliphatic heterocycles. The molecule has 0 bridgehead atoms. The molecule has 0 saturated heterocycles. The SMILES string of the molecule is CCn1cc(CN(C)C(=O)C(C)n2cc(C(=O)O)cn2)c(C)n1. The topological polar surface area (TPSA) is 93.2 Å². The average molecular weight is 319 g/mol. The number of carboxylic acids is 1. The summed E-state index contributed by atoms with van der Waals surface area (Å²) in [5, 5.41) is 17.2. The van der Waals surface area contributed by atoms with E-state index >= 15 is 0 Å². The van der Waals surface area contributed by atoms with Gasteiger partial charge < -0.3 is 10.0 Å². The first-order valence-corrected chi connectivity index (χ1v) is 7.38. The van der Waals surface area contributed by atoms with E-state index in [0.717, 1.165) is 17.8 Å². The molecule has 0 aliphatic rings. The molecule has 0 saturated carbocycles. The molecule has 0 spiro atoms. The number of hydrogen-bond acceptors (Lipinski definition) is 4. The van der Waals surface area contributed by atoms with Crippen LogP contribution >= 0.6 is 0 Å². The number of aromatic carboxylic acids is 1. The lowest BCUT2D eigenvalue weighted by molar-refractivity contribution is -0.133. The van der Waals surface area contributed by atoms with Crippen LogP contribution in [0.5, 0.6) is 0 Å². The second-order valence-corrected chi connectivity index (χ2v) is 5.48. The molecule has 0 aromatic carbocycles. The zero-order chi connectivity index (χ0) is 17.1. The maximum atomic E-state index is 12.5. The van der Waals surface area contributed by atoms with Crippen molar-refractivity contribution in [2.75, 3.05) is 7.05 Å². The number of aryl methyl sites for hydroxylation is 2. The second-order valence-electron chi connectivity index (χ2n) is 5.48. The van der Waals surface area contributed by atoms with Gasteiger partial charge in [0.25, 0.3) is 0 Å². The van der Waals surface area contributed by atoms with Crippen molar-refractivity contribution in [2.24, 2.45) is 0 Å². The van der Waals surface area contributed by atoms with Crippen molar-refractivity contribution in [2.45, 2.75) is 39.9 Å². The van der Waals surface area contributed by atoms with E-state index in [1.54, 1.807) is 18.9 Å². The van der Waals surface area contributed by atoms with Gasteiger partial charge in [-0.15, -0.1) is 0 Å². The maximum absolute atomic E-state index is 12.5. The Kier molecular flexibility index (Phi) is 4.83. The fourth-order valence-electron chi connectivity index (χ4n) is 2.30. The molecule has 2 heterocycles. The molecule has 1 N–H and O–H groups in total. The molecule has 0 fully saturated rings. The van der Waals surface area contributed by atoms with Crippen LogP contribution in [0.4, 0.5) is 0 Å². The van der Waals surface area contributed by atoms with Crippen LogP contribution in [0, 0.1) is 6.92 Å². The molecule has 1 amide bonds. The minimum absolute atomic E-state index is 0.0624. The highest BCUT2D eigenvalue weighted by atomic mass is 16.4. The van der Waals surface area contributed by atoms with Gasteiger partial charge in [-0.05, 0) is 20.8 Å². The minimum Gasteiger partial charge on any atom is -0.478 e. The molecule has 2 rings (SSSR count). The molecule has 8 heteroatoms. The maximum Gasteiger partial charge on any atom is 0.338 e. The van der Waals surface area contributed by atoms with Crippen LogP contribution in [-0.4, -0.2) is 48.5 Å². The predicted molar refractivity (Wildman–Crippen MR) is 83.0 cm³/mol. The normalized spacial score (nSPS) is 12.2. The van der Waals surface area contributed by atoms with Crippen LogP contribution in [0.3, 0.4) is 0 Å². The van der Waals surface area contributed by atoms with Gasteiger partial charge in [0.05, 0.1) is 17.5 Å². The summed E-state index contributed by atoms with van der Waals surface area (Å²) in [4.78, 5) is 25.0. The molecular formula is C15H21N5O3. The summed E-state index contributed by atoms with van der Waals surface area (Å²) >= 11 is 0. The van der Waals surface area contributed by atoms with Crippen molar-refractivity contribution in [3.05, 3.63) is 35.4 Å². The molecule has 0 radical (unpaired) electrons. The molecule has 2 aromatic heterocycles. The van der Waals surface area contributed by atoms with Gasteiger partial charge in [-0.2, -0.15) is 10.2 Å². The Morgan fingerprint density at radius 2 is 2.09 bits per heavy atom. The molecule has 2 aromatic rings. The van der Waals surface area contributed by atoms with Crippen molar-refractivity contribution in [1.82, 2.24) is 24.5 Å². The molecule has 0 aliphatic carbocycles. The first-order valence-electron chi connectivity index (χ1n) is 7.38. The van der Waals surface area contributed by atoms with Crippen LogP contribution < -0.4 is 0 Å². The Morgan fingerprint density at radius 1 is 1.39 bits per heavy atom. The van der Waals surface area contributed by atoms with Gasteiger partial charge in [0.1, 0.15) is 6.04 Å². The van der Waals surface area contributed by atoms with Crippen LogP contribution in [0.15, 0.2) is 18.6 Å². The highest BCUT2D eigenvalue weighted by Gasteiger charge is 2.22. The van der Waals surface area contributed by atoms with E-state index in [1.165, 1.54) is 17.1 Å². The molecule has 1 atom stereocenters. The molecule has 124 valence electrons. The van der Waals surface area contributed by atoms with Crippen molar-refractivity contribution >= 4 is 11.9 Å². The van der Waals surface area contributed by atoms with E-state index in [-0.39, 0.29) is 11.5 Å². The third-order valence-corrected chi connectivity index (χ3v) is 3.76. The Hall–Kier alpha value is -2.64. The number of carboxylic acid groups (broad SMARTS) is 1. The van der Waals surface area contributed by atoms with Gasteiger partial charge in [-0.25, -0.2) is 4.79 Å². The van der Waals surface area contributed by atoms with Gasteiger partial charge in [-0.3, -0.25) is 14.2 Å².